The fourth-order valence-electron chi connectivity index (χ4n) is 4.69. The summed E-state index contributed by atoms with van der Waals surface area (Å²) < 4.78 is 0. The van der Waals surface area contributed by atoms with Crippen LogP contribution in [0.4, 0.5) is 0 Å². The van der Waals surface area contributed by atoms with Crippen LogP contribution in [0.5, 0.6) is 0 Å². The molecule has 0 aromatic heterocycles. The van der Waals surface area contributed by atoms with Crippen molar-refractivity contribution in [1.29, 1.82) is 0 Å². The maximum Gasteiger partial charge on any atom is -0.0443 e. The van der Waals surface area contributed by atoms with Crippen molar-refractivity contribution >= 4 is 0 Å². The number of unbranched alkanes of at least 4 members (excludes halogenated alkanes) is 16. The van der Waals surface area contributed by atoms with Gasteiger partial charge in [-0.3, -0.25) is 0 Å². The zero-order chi connectivity index (χ0) is 21.4. The fourth-order valence-corrected chi connectivity index (χ4v) is 4.69. The van der Waals surface area contributed by atoms with Gasteiger partial charge in [0.1, 0.15) is 0 Å². The van der Waals surface area contributed by atoms with Crippen LogP contribution in [0.25, 0.3) is 0 Å². The summed E-state index contributed by atoms with van der Waals surface area (Å²) in [5.41, 5.74) is 0. The summed E-state index contributed by atoms with van der Waals surface area (Å²) in [5, 5.41) is 0. The Balaban J connectivity index is 3.19. The van der Waals surface area contributed by atoms with Crippen molar-refractivity contribution in [3.05, 3.63) is 0 Å². The van der Waals surface area contributed by atoms with Crippen LogP contribution in [0.2, 0.25) is 0 Å². The highest BCUT2D eigenvalue weighted by Gasteiger charge is 2.03. The Hall–Kier alpha value is 0. The minimum absolute atomic E-state index is 0.965. The molecule has 0 N–H and O–H groups in total. The highest BCUT2D eigenvalue weighted by Crippen LogP contribution is 2.20. The van der Waals surface area contributed by atoms with Gasteiger partial charge in [0.25, 0.3) is 0 Å². The van der Waals surface area contributed by atoms with Crippen LogP contribution < -0.4 is 0 Å². The first-order valence-corrected chi connectivity index (χ1v) is 14.2. The van der Waals surface area contributed by atoms with E-state index in [9.17, 15) is 0 Å². The first-order valence-electron chi connectivity index (χ1n) is 14.2. The Kier molecular flexibility index (Phi) is 24.3. The minimum Gasteiger partial charge on any atom is -0.0654 e. The van der Waals surface area contributed by atoms with Gasteiger partial charge in [0.2, 0.25) is 0 Å². The monoisotopic (exact) mass is 408 g/mol. The van der Waals surface area contributed by atoms with Gasteiger partial charge in [0.15, 0.2) is 0 Å². The highest BCUT2D eigenvalue weighted by atomic mass is 14.1. The molecule has 2 unspecified atom stereocenters. The largest absolute Gasteiger partial charge is 0.0654 e. The Morgan fingerprint density at radius 2 is 0.552 bits per heavy atom. The average Bonchev–Trinajstić information content (AvgIpc) is 2.72. The third-order valence-corrected chi connectivity index (χ3v) is 6.99. The van der Waals surface area contributed by atoms with Crippen LogP contribution in [0.15, 0.2) is 0 Å². The summed E-state index contributed by atoms with van der Waals surface area (Å²) in [5.74, 6) is 1.93. The Morgan fingerprint density at radius 3 is 0.862 bits per heavy atom. The molecule has 0 aromatic carbocycles. The van der Waals surface area contributed by atoms with Crippen molar-refractivity contribution < 1.29 is 0 Å². The van der Waals surface area contributed by atoms with E-state index in [4.69, 9.17) is 0 Å². The maximum absolute atomic E-state index is 2.49. The number of rotatable bonds is 24. The molecule has 2 atom stereocenters. The van der Waals surface area contributed by atoms with E-state index in [0.717, 1.165) is 11.8 Å². The van der Waals surface area contributed by atoms with Crippen LogP contribution in [0.1, 0.15) is 175 Å². The molecule has 0 heteroatoms. The molecule has 0 amide bonds. The second kappa shape index (κ2) is 24.3. The maximum atomic E-state index is 2.49. The second-order valence-electron chi connectivity index (χ2n) is 10.4. The zero-order valence-electron chi connectivity index (χ0n) is 21.4. The molecule has 0 aliphatic rings. The second-order valence-corrected chi connectivity index (χ2v) is 10.4. The van der Waals surface area contributed by atoms with E-state index in [1.165, 1.54) is 148 Å². The lowest BCUT2D eigenvalue weighted by molar-refractivity contribution is 0.425. The quantitative estimate of drug-likeness (QED) is 0.139. The molecule has 0 bridgehead atoms. The molecule has 0 saturated carbocycles. The summed E-state index contributed by atoms with van der Waals surface area (Å²) in [6.45, 7) is 9.56. The summed E-state index contributed by atoms with van der Waals surface area (Å²) >= 11 is 0. The molecule has 0 aliphatic carbocycles. The van der Waals surface area contributed by atoms with Gasteiger partial charge in [-0.25, -0.2) is 0 Å². The number of hydrogen-bond donors (Lipinski definition) is 0. The molecule has 0 rings (SSSR count). The molecule has 0 radical (unpaired) electrons. The third kappa shape index (κ3) is 24.1. The van der Waals surface area contributed by atoms with E-state index in [-0.39, 0.29) is 0 Å². The molecule has 0 spiro atoms. The van der Waals surface area contributed by atoms with Crippen LogP contribution in [0.3, 0.4) is 0 Å². The number of hydrogen-bond acceptors (Lipinski definition) is 0. The molecule has 0 fully saturated rings. The molecule has 0 aromatic rings. The van der Waals surface area contributed by atoms with Crippen LogP contribution in [0, 0.1) is 11.8 Å². The van der Waals surface area contributed by atoms with Gasteiger partial charge in [0.05, 0.1) is 0 Å². The van der Waals surface area contributed by atoms with E-state index in [2.05, 4.69) is 27.7 Å². The first-order chi connectivity index (χ1) is 14.2. The predicted molar refractivity (Wildman–Crippen MR) is 136 cm³/mol. The normalized spacial score (nSPS) is 13.7. The van der Waals surface area contributed by atoms with Crippen LogP contribution in [-0.4, -0.2) is 0 Å². The third-order valence-electron chi connectivity index (χ3n) is 6.99. The summed E-state index contributed by atoms with van der Waals surface area (Å²) in [6, 6.07) is 0. The van der Waals surface area contributed by atoms with Crippen LogP contribution >= 0.6 is 0 Å². The molecule has 0 nitrogen and oxygen atoms in total. The van der Waals surface area contributed by atoms with E-state index < -0.39 is 0 Å². The molecular formula is C29H60. The molecule has 0 aliphatic heterocycles. The molecular weight excluding hydrogens is 348 g/mol. The Bertz CT molecular complexity index is 282. The van der Waals surface area contributed by atoms with Crippen molar-refractivity contribution in [1.82, 2.24) is 0 Å². The van der Waals surface area contributed by atoms with Crippen LogP contribution in [-0.2, 0) is 0 Å². The van der Waals surface area contributed by atoms with Gasteiger partial charge in [-0.15, -0.1) is 0 Å². The summed E-state index contributed by atoms with van der Waals surface area (Å²) in [7, 11) is 0. The molecule has 176 valence electrons. The van der Waals surface area contributed by atoms with Gasteiger partial charge in [-0.05, 0) is 11.8 Å². The SMILES string of the molecule is CCCCCCCCCCCCC(C)CCCCCCCCCC(C)CCCC. The lowest BCUT2D eigenvalue weighted by Crippen LogP contribution is -1.95. The lowest BCUT2D eigenvalue weighted by atomic mass is 9.95. The standard InChI is InChI=1S/C29H60/c1-5-7-9-10-11-12-13-15-18-22-26-29(4)27-23-20-17-14-16-19-21-25-28(3)24-8-6-2/h28-29H,5-27H2,1-4H3. The smallest absolute Gasteiger partial charge is 0.0443 e. The van der Waals surface area contributed by atoms with E-state index in [0.29, 0.717) is 0 Å². The predicted octanol–water partition coefficient (Wildman–Crippen LogP) is 11.3. The van der Waals surface area contributed by atoms with Gasteiger partial charge < -0.3 is 0 Å². The fraction of sp³-hybridized carbons (Fsp3) is 1.00. The molecule has 29 heavy (non-hydrogen) atoms. The molecule has 0 heterocycles. The Morgan fingerprint density at radius 1 is 0.310 bits per heavy atom. The topological polar surface area (TPSA) is 0 Å². The van der Waals surface area contributed by atoms with E-state index >= 15 is 0 Å². The van der Waals surface area contributed by atoms with Gasteiger partial charge in [-0.1, -0.05) is 175 Å². The average molecular weight is 409 g/mol. The van der Waals surface area contributed by atoms with Crippen molar-refractivity contribution in [3.8, 4) is 0 Å². The zero-order valence-corrected chi connectivity index (χ0v) is 21.4. The van der Waals surface area contributed by atoms with Crippen molar-refractivity contribution in [2.24, 2.45) is 11.8 Å². The van der Waals surface area contributed by atoms with Crippen molar-refractivity contribution in [2.75, 3.05) is 0 Å². The van der Waals surface area contributed by atoms with Gasteiger partial charge >= 0.3 is 0 Å². The van der Waals surface area contributed by atoms with E-state index in [1.54, 1.807) is 0 Å². The summed E-state index contributed by atoms with van der Waals surface area (Å²) in [4.78, 5) is 0. The Labute approximate surface area is 187 Å². The van der Waals surface area contributed by atoms with Crippen molar-refractivity contribution in [3.63, 3.8) is 0 Å². The first kappa shape index (κ1) is 29.0. The summed E-state index contributed by atoms with van der Waals surface area (Å²) in [6.07, 6.45) is 33.7. The minimum atomic E-state index is 0.965. The highest BCUT2D eigenvalue weighted by molar-refractivity contribution is 4.57. The van der Waals surface area contributed by atoms with Gasteiger partial charge in [-0.2, -0.15) is 0 Å². The lowest BCUT2D eigenvalue weighted by Gasteiger charge is -2.11. The van der Waals surface area contributed by atoms with E-state index in [1.807, 2.05) is 0 Å². The molecule has 0 saturated heterocycles. The van der Waals surface area contributed by atoms with Crippen molar-refractivity contribution in [2.45, 2.75) is 175 Å². The van der Waals surface area contributed by atoms with Gasteiger partial charge in [0, 0.05) is 0 Å².